The molecule has 6 heteroatoms. The molecule has 0 atom stereocenters. The highest BCUT2D eigenvalue weighted by molar-refractivity contribution is 6.02. The molecular formula is C19H13N2O4-. The third-order valence-electron chi connectivity index (χ3n) is 3.83. The molecule has 6 nitrogen and oxygen atoms in total. The maximum absolute atomic E-state index is 11.4. The number of carboxylic acid groups (broad SMARTS) is 1. The number of para-hydroxylation sites is 1. The highest BCUT2D eigenvalue weighted by Crippen LogP contribution is 2.22. The Labute approximate surface area is 143 Å². The number of carbonyl (C=O) groups is 1. The van der Waals surface area contributed by atoms with E-state index < -0.39 is 10.9 Å². The number of fused-ring (bicyclic) bond motifs is 1. The van der Waals surface area contributed by atoms with Gasteiger partial charge in [0.05, 0.1) is 22.1 Å². The molecule has 2 aromatic carbocycles. The summed E-state index contributed by atoms with van der Waals surface area (Å²) < 4.78 is 0. The Morgan fingerprint density at radius 3 is 2.60 bits per heavy atom. The van der Waals surface area contributed by atoms with Gasteiger partial charge in [-0.05, 0) is 30.7 Å². The van der Waals surface area contributed by atoms with Gasteiger partial charge in [-0.15, -0.1) is 0 Å². The first-order valence-corrected chi connectivity index (χ1v) is 7.50. The van der Waals surface area contributed by atoms with Crippen molar-refractivity contribution in [2.75, 3.05) is 0 Å². The summed E-state index contributed by atoms with van der Waals surface area (Å²) in [6.07, 6.45) is 3.27. The van der Waals surface area contributed by atoms with E-state index in [1.165, 1.54) is 12.1 Å². The van der Waals surface area contributed by atoms with Crippen LogP contribution in [0.3, 0.4) is 0 Å². The molecule has 1 aromatic heterocycles. The van der Waals surface area contributed by atoms with Crippen LogP contribution in [0.4, 0.5) is 5.69 Å². The monoisotopic (exact) mass is 333 g/mol. The number of nitrogens with zero attached hydrogens (tertiary/aromatic N) is 2. The van der Waals surface area contributed by atoms with Gasteiger partial charge >= 0.3 is 0 Å². The molecule has 0 saturated heterocycles. The highest BCUT2D eigenvalue weighted by atomic mass is 16.6. The zero-order valence-electron chi connectivity index (χ0n) is 13.3. The summed E-state index contributed by atoms with van der Waals surface area (Å²) in [7, 11) is 0. The molecule has 3 rings (SSSR count). The van der Waals surface area contributed by atoms with Crippen LogP contribution in [0.15, 0.2) is 48.5 Å². The molecule has 0 unspecified atom stereocenters. The second-order valence-corrected chi connectivity index (χ2v) is 5.54. The van der Waals surface area contributed by atoms with Crippen molar-refractivity contribution in [2.45, 2.75) is 6.92 Å². The number of carboxylic acids is 1. The van der Waals surface area contributed by atoms with Gasteiger partial charge < -0.3 is 9.90 Å². The molecule has 0 aliphatic carbocycles. The predicted molar refractivity (Wildman–Crippen MR) is 92.8 cm³/mol. The predicted octanol–water partition coefficient (Wildman–Crippen LogP) is 2.99. The molecule has 0 saturated carbocycles. The van der Waals surface area contributed by atoms with E-state index in [0.717, 1.165) is 0 Å². The minimum atomic E-state index is -1.28. The van der Waals surface area contributed by atoms with Gasteiger partial charge in [-0.3, -0.25) is 10.1 Å². The third kappa shape index (κ3) is 3.37. The largest absolute Gasteiger partial charge is 0.545 e. The summed E-state index contributed by atoms with van der Waals surface area (Å²) in [4.78, 5) is 26.3. The SMILES string of the molecule is Cc1ccc(/C=C/c2cc(C(=O)[O-])c3ccccc3n2)cc1[N+](=O)[O-]. The number of pyridine rings is 1. The molecule has 0 fully saturated rings. The first-order valence-electron chi connectivity index (χ1n) is 7.50. The van der Waals surface area contributed by atoms with Crippen LogP contribution in [0.2, 0.25) is 0 Å². The van der Waals surface area contributed by atoms with Gasteiger partial charge in [0.15, 0.2) is 0 Å². The molecule has 0 aliphatic heterocycles. The Balaban J connectivity index is 2.03. The summed E-state index contributed by atoms with van der Waals surface area (Å²) >= 11 is 0. The quantitative estimate of drug-likeness (QED) is 0.540. The van der Waals surface area contributed by atoms with Crippen molar-refractivity contribution in [1.29, 1.82) is 0 Å². The van der Waals surface area contributed by atoms with Crippen molar-refractivity contribution >= 4 is 34.7 Å². The minimum absolute atomic E-state index is 0.0315. The van der Waals surface area contributed by atoms with E-state index in [1.54, 1.807) is 55.5 Å². The normalized spacial score (nSPS) is 11.1. The number of nitro groups is 1. The summed E-state index contributed by atoms with van der Waals surface area (Å²) in [6, 6.07) is 13.2. The van der Waals surface area contributed by atoms with E-state index in [4.69, 9.17) is 0 Å². The Kier molecular flexibility index (Phi) is 4.26. The molecule has 3 aromatic rings. The lowest BCUT2D eigenvalue weighted by atomic mass is 10.1. The van der Waals surface area contributed by atoms with Crippen LogP contribution >= 0.6 is 0 Å². The lowest BCUT2D eigenvalue weighted by molar-refractivity contribution is -0.385. The maximum atomic E-state index is 11.4. The molecule has 25 heavy (non-hydrogen) atoms. The van der Waals surface area contributed by atoms with E-state index in [1.807, 2.05) is 0 Å². The van der Waals surface area contributed by atoms with Gasteiger partial charge in [-0.2, -0.15) is 0 Å². The molecular weight excluding hydrogens is 320 g/mol. The molecule has 124 valence electrons. The standard InChI is InChI=1S/C19H14N2O4/c1-12-6-7-13(10-18(12)21(24)25)8-9-14-11-16(19(22)23)15-4-2-3-5-17(15)20-14/h2-11H,1H3,(H,22,23)/p-1/b9-8+. The number of benzene rings is 2. The van der Waals surface area contributed by atoms with Crippen molar-refractivity contribution in [2.24, 2.45) is 0 Å². The highest BCUT2D eigenvalue weighted by Gasteiger charge is 2.10. The van der Waals surface area contributed by atoms with Crippen LogP contribution in [0.25, 0.3) is 23.1 Å². The zero-order valence-corrected chi connectivity index (χ0v) is 13.3. The summed E-state index contributed by atoms with van der Waals surface area (Å²) in [6.45, 7) is 1.67. The van der Waals surface area contributed by atoms with Crippen LogP contribution in [0.5, 0.6) is 0 Å². The number of aromatic carboxylic acids is 1. The molecule has 1 heterocycles. The second kappa shape index (κ2) is 6.52. The molecule has 0 amide bonds. The van der Waals surface area contributed by atoms with Crippen LogP contribution in [0.1, 0.15) is 27.2 Å². The molecule has 0 radical (unpaired) electrons. The van der Waals surface area contributed by atoms with Gasteiger partial charge in [0.25, 0.3) is 5.69 Å². The summed E-state index contributed by atoms with van der Waals surface area (Å²) in [5, 5.41) is 22.9. The van der Waals surface area contributed by atoms with E-state index in [9.17, 15) is 20.0 Å². The van der Waals surface area contributed by atoms with Crippen LogP contribution in [0, 0.1) is 17.0 Å². The molecule has 0 spiro atoms. The lowest BCUT2D eigenvalue weighted by Gasteiger charge is -2.08. The number of hydrogen-bond acceptors (Lipinski definition) is 5. The topological polar surface area (TPSA) is 96.2 Å². The first-order chi connectivity index (χ1) is 12.0. The average molecular weight is 333 g/mol. The number of hydrogen-bond donors (Lipinski definition) is 0. The fraction of sp³-hybridized carbons (Fsp3) is 0.0526. The van der Waals surface area contributed by atoms with Crippen molar-refractivity contribution in [3.05, 3.63) is 81.0 Å². The third-order valence-corrected chi connectivity index (χ3v) is 3.83. The van der Waals surface area contributed by atoms with Crippen molar-refractivity contribution in [1.82, 2.24) is 4.98 Å². The van der Waals surface area contributed by atoms with Gasteiger partial charge in [-0.1, -0.05) is 36.4 Å². The van der Waals surface area contributed by atoms with Crippen molar-refractivity contribution in [3.63, 3.8) is 0 Å². The summed E-state index contributed by atoms with van der Waals surface area (Å²) in [5.41, 5.74) is 2.26. The first kappa shape index (κ1) is 16.3. The summed E-state index contributed by atoms with van der Waals surface area (Å²) in [5.74, 6) is -1.28. The van der Waals surface area contributed by atoms with Gasteiger partial charge in [0.2, 0.25) is 0 Å². The lowest BCUT2D eigenvalue weighted by Crippen LogP contribution is -2.22. The van der Waals surface area contributed by atoms with E-state index in [2.05, 4.69) is 4.98 Å². The molecule has 0 N–H and O–H groups in total. The van der Waals surface area contributed by atoms with E-state index in [-0.39, 0.29) is 11.3 Å². The van der Waals surface area contributed by atoms with E-state index in [0.29, 0.717) is 27.7 Å². The second-order valence-electron chi connectivity index (χ2n) is 5.54. The molecule has 0 bridgehead atoms. The number of aromatic nitrogens is 1. The number of rotatable bonds is 4. The Hall–Kier alpha value is -3.54. The van der Waals surface area contributed by atoms with Crippen LogP contribution < -0.4 is 5.11 Å². The average Bonchev–Trinajstić information content (AvgIpc) is 2.59. The zero-order chi connectivity index (χ0) is 18.0. The number of aryl methyl sites for hydroxylation is 1. The number of carbonyl (C=O) groups excluding carboxylic acids is 1. The number of nitro benzene ring substituents is 1. The minimum Gasteiger partial charge on any atom is -0.545 e. The molecule has 0 aliphatic rings. The van der Waals surface area contributed by atoms with Gasteiger partial charge in [-0.25, -0.2) is 4.98 Å². The Bertz CT molecular complexity index is 1030. The van der Waals surface area contributed by atoms with Gasteiger partial charge in [0, 0.05) is 22.6 Å². The van der Waals surface area contributed by atoms with Crippen molar-refractivity contribution in [3.8, 4) is 0 Å². The fourth-order valence-corrected chi connectivity index (χ4v) is 2.56. The van der Waals surface area contributed by atoms with Crippen LogP contribution in [-0.2, 0) is 0 Å². The van der Waals surface area contributed by atoms with Crippen LogP contribution in [-0.4, -0.2) is 15.9 Å². The van der Waals surface area contributed by atoms with E-state index >= 15 is 0 Å². The maximum Gasteiger partial charge on any atom is 0.272 e. The smallest absolute Gasteiger partial charge is 0.272 e. The fourth-order valence-electron chi connectivity index (χ4n) is 2.56. The Morgan fingerprint density at radius 2 is 1.88 bits per heavy atom. The Morgan fingerprint density at radius 1 is 1.12 bits per heavy atom. The van der Waals surface area contributed by atoms with Gasteiger partial charge in [0.1, 0.15) is 0 Å². The van der Waals surface area contributed by atoms with Crippen molar-refractivity contribution < 1.29 is 14.8 Å².